The summed E-state index contributed by atoms with van der Waals surface area (Å²) in [5.41, 5.74) is 2.26. The first-order chi connectivity index (χ1) is 19.3. The Balaban J connectivity index is 1.54. The fraction of sp³-hybridized carbons (Fsp3) is 0.250. The molecular formula is C28H26F3N2O6PS. The lowest BCUT2D eigenvalue weighted by Crippen LogP contribution is -2.52. The number of hydrogen-bond donors (Lipinski definition) is 1. The van der Waals surface area contributed by atoms with E-state index in [-0.39, 0.29) is 22.9 Å². The lowest BCUT2D eigenvalue weighted by atomic mass is 9.78. The molecule has 1 N–H and O–H groups in total. The summed E-state index contributed by atoms with van der Waals surface area (Å²) in [5, 5.41) is 2.44. The van der Waals surface area contributed by atoms with Crippen LogP contribution in [0, 0.1) is 12.8 Å². The zero-order valence-electron chi connectivity index (χ0n) is 21.9. The number of nitrogens with one attached hydrogen (secondary N) is 1. The van der Waals surface area contributed by atoms with E-state index in [1.807, 2.05) is 6.92 Å². The van der Waals surface area contributed by atoms with Crippen LogP contribution in [0.4, 0.5) is 18.9 Å². The van der Waals surface area contributed by atoms with Crippen molar-refractivity contribution in [2.24, 2.45) is 5.92 Å². The third-order valence-corrected chi connectivity index (χ3v) is 9.46. The first-order valence-electron chi connectivity index (χ1n) is 12.3. The average Bonchev–Trinajstić information content (AvgIpc) is 2.93. The molecule has 1 saturated carbocycles. The molecule has 1 fully saturated rings. The molecule has 1 aliphatic carbocycles. The Kier molecular flexibility index (Phi) is 8.56. The SMILES string of the molecule is COc1cc(C)c(-c2cccc(C=O)c2)cc1C(=O)N[C@@H]1CC[C@@H]1C(=O)N(F)c1cccc(S(=O)(=O)C(F)(F)P)c1. The fourth-order valence-electron chi connectivity index (χ4n) is 4.54. The van der Waals surface area contributed by atoms with Gasteiger partial charge < -0.3 is 10.1 Å². The second kappa shape index (κ2) is 11.6. The van der Waals surface area contributed by atoms with Crippen molar-refractivity contribution >= 4 is 42.9 Å². The molecule has 0 spiro atoms. The van der Waals surface area contributed by atoms with Crippen molar-refractivity contribution in [3.8, 4) is 16.9 Å². The van der Waals surface area contributed by atoms with Gasteiger partial charge in [-0.05, 0) is 82.1 Å². The Labute approximate surface area is 236 Å². The number of sulfone groups is 1. The molecule has 0 heterocycles. The lowest BCUT2D eigenvalue weighted by Gasteiger charge is -2.37. The zero-order chi connectivity index (χ0) is 30.1. The summed E-state index contributed by atoms with van der Waals surface area (Å²) in [6.45, 7) is 1.82. The summed E-state index contributed by atoms with van der Waals surface area (Å²) < 4.78 is 71.7. The molecule has 0 saturated heterocycles. The van der Waals surface area contributed by atoms with Gasteiger partial charge in [-0.25, -0.2) is 8.42 Å². The van der Waals surface area contributed by atoms with Crippen LogP contribution in [0.2, 0.25) is 0 Å². The number of carbonyl (C=O) groups excluding carboxylic acids is 3. The lowest BCUT2D eigenvalue weighted by molar-refractivity contribution is -0.128. The molecule has 2 amide bonds. The summed E-state index contributed by atoms with van der Waals surface area (Å²) in [6.07, 6.45) is 1.32. The summed E-state index contributed by atoms with van der Waals surface area (Å²) in [5.74, 6) is -2.34. The number of amides is 2. The van der Waals surface area contributed by atoms with Crippen LogP contribution in [-0.2, 0) is 14.6 Å². The number of rotatable bonds is 9. The van der Waals surface area contributed by atoms with E-state index in [9.17, 15) is 31.6 Å². The number of methoxy groups -OCH3 is 1. The second-order valence-corrected chi connectivity index (χ2v) is 12.7. The number of hydrogen-bond acceptors (Lipinski definition) is 6. The molecule has 3 aromatic rings. The number of aldehydes is 1. The van der Waals surface area contributed by atoms with E-state index in [4.69, 9.17) is 4.74 Å². The monoisotopic (exact) mass is 606 g/mol. The van der Waals surface area contributed by atoms with Crippen molar-refractivity contribution in [2.75, 3.05) is 12.2 Å². The van der Waals surface area contributed by atoms with Crippen LogP contribution in [-0.4, -0.2) is 44.7 Å². The highest BCUT2D eigenvalue weighted by Crippen LogP contribution is 2.37. The van der Waals surface area contributed by atoms with E-state index < -0.39 is 49.2 Å². The van der Waals surface area contributed by atoms with Gasteiger partial charge in [-0.1, -0.05) is 28.7 Å². The van der Waals surface area contributed by atoms with E-state index >= 15 is 4.48 Å². The second-order valence-electron chi connectivity index (χ2n) is 9.56. The van der Waals surface area contributed by atoms with E-state index in [1.165, 1.54) is 7.11 Å². The number of carbonyl (C=O) groups is 3. The first kappa shape index (κ1) is 30.2. The number of alkyl halides is 2. The number of benzene rings is 3. The molecule has 4 rings (SSSR count). The number of aryl methyl sites for hydroxylation is 1. The molecule has 8 nitrogen and oxygen atoms in total. The van der Waals surface area contributed by atoms with Crippen LogP contribution in [0.1, 0.15) is 39.1 Å². The Morgan fingerprint density at radius 1 is 1.10 bits per heavy atom. The predicted octanol–water partition coefficient (Wildman–Crippen LogP) is 5.11. The van der Waals surface area contributed by atoms with Gasteiger partial charge in [0.15, 0.2) is 0 Å². The molecule has 41 heavy (non-hydrogen) atoms. The Morgan fingerprint density at radius 3 is 2.41 bits per heavy atom. The van der Waals surface area contributed by atoms with Crippen LogP contribution in [0.3, 0.4) is 0 Å². The highest BCUT2D eigenvalue weighted by molar-refractivity contribution is 7.96. The largest absolute Gasteiger partial charge is 0.496 e. The minimum Gasteiger partial charge on any atom is -0.496 e. The van der Waals surface area contributed by atoms with Crippen molar-refractivity contribution in [3.05, 3.63) is 77.4 Å². The van der Waals surface area contributed by atoms with Gasteiger partial charge in [0.25, 0.3) is 11.8 Å². The maximum atomic E-state index is 15.1. The van der Waals surface area contributed by atoms with Crippen LogP contribution in [0.15, 0.2) is 65.6 Å². The van der Waals surface area contributed by atoms with Gasteiger partial charge in [0.2, 0.25) is 9.84 Å². The maximum Gasteiger partial charge on any atom is 0.359 e. The normalized spacial score (nSPS) is 16.8. The molecule has 3 atom stereocenters. The van der Waals surface area contributed by atoms with Crippen molar-refractivity contribution < 1.29 is 40.8 Å². The highest BCUT2D eigenvalue weighted by Gasteiger charge is 2.43. The molecule has 1 aliphatic rings. The summed E-state index contributed by atoms with van der Waals surface area (Å²) in [6, 6.07) is 13.0. The number of halogens is 3. The van der Waals surface area contributed by atoms with E-state index in [1.54, 1.807) is 36.4 Å². The van der Waals surface area contributed by atoms with Crippen LogP contribution in [0.5, 0.6) is 5.75 Å². The molecular weight excluding hydrogens is 580 g/mol. The molecule has 13 heteroatoms. The fourth-order valence-corrected chi connectivity index (χ4v) is 5.79. The third-order valence-electron chi connectivity index (χ3n) is 6.94. The van der Waals surface area contributed by atoms with Crippen LogP contribution < -0.4 is 15.2 Å². The minimum absolute atomic E-state index is 0.163. The molecule has 3 aromatic carbocycles. The molecule has 0 radical (unpaired) electrons. The number of anilines is 1. The van der Waals surface area contributed by atoms with E-state index in [2.05, 4.69) is 5.32 Å². The quantitative estimate of drug-likeness (QED) is 0.206. The molecule has 0 aromatic heterocycles. The van der Waals surface area contributed by atoms with Gasteiger partial charge in [-0.15, -0.1) is 5.12 Å². The Hall–Kier alpha value is -3.76. The van der Waals surface area contributed by atoms with Crippen molar-refractivity contribution in [1.82, 2.24) is 5.32 Å². The predicted molar refractivity (Wildman–Crippen MR) is 149 cm³/mol. The van der Waals surface area contributed by atoms with Gasteiger partial charge >= 0.3 is 5.00 Å². The summed E-state index contributed by atoms with van der Waals surface area (Å²) in [4.78, 5) is 32.4. The van der Waals surface area contributed by atoms with E-state index in [0.717, 1.165) is 33.0 Å². The first-order valence-corrected chi connectivity index (χ1v) is 14.4. The van der Waals surface area contributed by atoms with Gasteiger partial charge in [0.05, 0.1) is 29.2 Å². The van der Waals surface area contributed by atoms with Crippen molar-refractivity contribution in [3.63, 3.8) is 0 Å². The van der Waals surface area contributed by atoms with Gasteiger partial charge in [-0.2, -0.15) is 8.78 Å². The Bertz CT molecular complexity index is 1630. The molecule has 216 valence electrons. The standard InChI is InChI=1S/C28H26F3N2O6PS/c1-16-11-25(39-2)23(14-22(16)18-6-3-5-17(12-18)15-34)26(35)32-24-10-9-21(24)27(36)33(31)19-7-4-8-20(13-19)41(37,38)28(29,30)40/h3-8,11-15,21,24H,9-10,40H2,1-2H3,(H,32,35)/t21-,24+/m0/s1. The van der Waals surface area contributed by atoms with Crippen LogP contribution >= 0.6 is 9.24 Å². The molecule has 0 aliphatic heterocycles. The van der Waals surface area contributed by atoms with E-state index in [0.29, 0.717) is 35.5 Å². The number of nitrogens with zero attached hydrogens (tertiary/aromatic N) is 1. The third kappa shape index (κ3) is 5.99. The Morgan fingerprint density at radius 2 is 1.80 bits per heavy atom. The van der Waals surface area contributed by atoms with Gasteiger partial charge in [0.1, 0.15) is 12.0 Å². The van der Waals surface area contributed by atoms with Crippen LogP contribution in [0.25, 0.3) is 11.1 Å². The molecule has 0 bridgehead atoms. The number of ether oxygens (including phenoxy) is 1. The topological polar surface area (TPSA) is 110 Å². The molecule has 1 unspecified atom stereocenters. The van der Waals surface area contributed by atoms with Crippen molar-refractivity contribution in [2.45, 2.75) is 35.7 Å². The van der Waals surface area contributed by atoms with Crippen molar-refractivity contribution in [1.29, 1.82) is 0 Å². The minimum atomic E-state index is -5.13. The summed E-state index contributed by atoms with van der Waals surface area (Å²) >= 11 is 0. The smallest absolute Gasteiger partial charge is 0.359 e. The summed E-state index contributed by atoms with van der Waals surface area (Å²) in [7, 11) is -2.81. The highest BCUT2D eigenvalue weighted by atomic mass is 32.2. The average molecular weight is 607 g/mol. The maximum absolute atomic E-state index is 15.1. The van der Waals surface area contributed by atoms with Gasteiger partial charge in [-0.3, -0.25) is 14.4 Å². The van der Waals surface area contributed by atoms with Gasteiger partial charge in [0, 0.05) is 11.6 Å². The zero-order valence-corrected chi connectivity index (χ0v) is 23.9.